The van der Waals surface area contributed by atoms with Crippen molar-refractivity contribution < 1.29 is 18.3 Å². The molecule has 0 unspecified atom stereocenters. The Bertz CT molecular complexity index is 811. The third-order valence-corrected chi connectivity index (χ3v) is 3.26. The van der Waals surface area contributed by atoms with Gasteiger partial charge in [-0.1, -0.05) is 6.07 Å². The maximum atomic E-state index is 12.9. The molecule has 5 nitrogen and oxygen atoms in total. The van der Waals surface area contributed by atoms with E-state index < -0.39 is 5.97 Å². The summed E-state index contributed by atoms with van der Waals surface area (Å²) in [5.41, 5.74) is 1.85. The van der Waals surface area contributed by atoms with Crippen molar-refractivity contribution in [3.05, 3.63) is 71.8 Å². The molecule has 2 heterocycles. The normalized spacial score (nSPS) is 10.5. The van der Waals surface area contributed by atoms with Crippen molar-refractivity contribution in [3.8, 4) is 11.3 Å². The predicted molar refractivity (Wildman–Crippen MR) is 80.3 cm³/mol. The molecule has 0 fully saturated rings. The maximum Gasteiger partial charge on any atom is 0.356 e. The van der Waals surface area contributed by atoms with E-state index in [2.05, 4.69) is 14.7 Å². The van der Waals surface area contributed by atoms with Crippen LogP contribution in [0.2, 0.25) is 0 Å². The van der Waals surface area contributed by atoms with Gasteiger partial charge in [-0.3, -0.25) is 0 Å². The van der Waals surface area contributed by atoms with E-state index in [1.807, 2.05) is 0 Å². The molecule has 0 saturated heterocycles. The number of hydrogen-bond acceptors (Lipinski definition) is 5. The van der Waals surface area contributed by atoms with E-state index in [-0.39, 0.29) is 11.5 Å². The minimum atomic E-state index is -0.480. The van der Waals surface area contributed by atoms with Gasteiger partial charge in [0.1, 0.15) is 11.5 Å². The van der Waals surface area contributed by atoms with Crippen LogP contribution in [0.5, 0.6) is 0 Å². The molecule has 0 spiro atoms. The van der Waals surface area contributed by atoms with Crippen LogP contribution in [0.1, 0.15) is 21.9 Å². The van der Waals surface area contributed by atoms with E-state index in [9.17, 15) is 9.18 Å². The fourth-order valence-corrected chi connectivity index (χ4v) is 2.07. The van der Waals surface area contributed by atoms with Gasteiger partial charge in [0.2, 0.25) is 0 Å². The van der Waals surface area contributed by atoms with Gasteiger partial charge in [0, 0.05) is 11.8 Å². The van der Waals surface area contributed by atoms with E-state index in [1.165, 1.54) is 19.2 Å². The highest BCUT2D eigenvalue weighted by atomic mass is 19.1. The zero-order valence-corrected chi connectivity index (χ0v) is 12.3. The summed E-state index contributed by atoms with van der Waals surface area (Å²) in [5, 5.41) is 0. The lowest BCUT2D eigenvalue weighted by Gasteiger charge is -2.00. The van der Waals surface area contributed by atoms with Crippen molar-refractivity contribution in [2.45, 2.75) is 6.42 Å². The molecule has 0 atom stereocenters. The molecule has 0 aliphatic rings. The van der Waals surface area contributed by atoms with Gasteiger partial charge in [-0.2, -0.15) is 0 Å². The highest BCUT2D eigenvalue weighted by Gasteiger charge is 2.10. The van der Waals surface area contributed by atoms with Gasteiger partial charge in [-0.25, -0.2) is 19.2 Å². The Morgan fingerprint density at radius 1 is 1.13 bits per heavy atom. The molecule has 2 aromatic heterocycles. The Kier molecular flexibility index (Phi) is 4.14. The van der Waals surface area contributed by atoms with Crippen molar-refractivity contribution >= 4 is 5.97 Å². The molecule has 0 amide bonds. The fraction of sp³-hybridized carbons (Fsp3) is 0.118. The zero-order chi connectivity index (χ0) is 16.2. The lowest BCUT2D eigenvalue weighted by atomic mass is 10.2. The highest BCUT2D eigenvalue weighted by molar-refractivity contribution is 5.86. The molecular formula is C17H13FN2O3. The number of aromatic nitrogens is 2. The van der Waals surface area contributed by atoms with Crippen LogP contribution < -0.4 is 0 Å². The number of pyridine rings is 1. The number of esters is 1. The lowest BCUT2D eigenvalue weighted by Crippen LogP contribution is -2.04. The van der Waals surface area contributed by atoms with Gasteiger partial charge in [0.25, 0.3) is 0 Å². The first-order chi connectivity index (χ1) is 11.2. The van der Waals surface area contributed by atoms with Gasteiger partial charge in [0.05, 0.1) is 19.7 Å². The molecule has 1 aromatic carbocycles. The van der Waals surface area contributed by atoms with Crippen molar-refractivity contribution in [1.82, 2.24) is 9.97 Å². The Balaban J connectivity index is 1.74. The molecule has 3 rings (SSSR count). The van der Waals surface area contributed by atoms with E-state index >= 15 is 0 Å². The highest BCUT2D eigenvalue weighted by Crippen LogP contribution is 2.21. The molecule has 23 heavy (non-hydrogen) atoms. The second kappa shape index (κ2) is 6.39. The molecule has 0 radical (unpaired) electrons. The van der Waals surface area contributed by atoms with Gasteiger partial charge in [0.15, 0.2) is 11.7 Å². The van der Waals surface area contributed by atoms with E-state index in [4.69, 9.17) is 4.42 Å². The van der Waals surface area contributed by atoms with Crippen LogP contribution in [0, 0.1) is 5.82 Å². The van der Waals surface area contributed by atoms with E-state index in [0.717, 1.165) is 11.1 Å². The molecular weight excluding hydrogens is 299 g/mol. The molecule has 116 valence electrons. The van der Waals surface area contributed by atoms with Crippen molar-refractivity contribution in [2.75, 3.05) is 7.11 Å². The topological polar surface area (TPSA) is 65.2 Å². The van der Waals surface area contributed by atoms with Crippen LogP contribution in [0.4, 0.5) is 4.39 Å². The molecule has 0 saturated carbocycles. The predicted octanol–water partition coefficient (Wildman–Crippen LogP) is 3.25. The van der Waals surface area contributed by atoms with Crippen LogP contribution in [-0.4, -0.2) is 23.0 Å². The standard InChI is InChI=1S/C17H13FN2O3/c1-22-17(21)14-7-2-11(9-19-14)8-16-20-10-15(23-16)12-3-5-13(18)6-4-12/h2-7,9-10H,8H2,1H3. The molecule has 0 N–H and O–H groups in total. The molecule has 0 aliphatic heterocycles. The van der Waals surface area contributed by atoms with E-state index in [1.54, 1.807) is 36.7 Å². The fourth-order valence-electron chi connectivity index (χ4n) is 2.07. The van der Waals surface area contributed by atoms with Gasteiger partial charge in [-0.05, 0) is 35.9 Å². The first-order valence-corrected chi connectivity index (χ1v) is 6.89. The Hall–Kier alpha value is -3.02. The number of rotatable bonds is 4. The summed E-state index contributed by atoms with van der Waals surface area (Å²) >= 11 is 0. The molecule has 0 aliphatic carbocycles. The van der Waals surface area contributed by atoms with Gasteiger partial charge in [-0.15, -0.1) is 0 Å². The van der Waals surface area contributed by atoms with Crippen molar-refractivity contribution in [1.29, 1.82) is 0 Å². The zero-order valence-electron chi connectivity index (χ0n) is 12.3. The third-order valence-electron chi connectivity index (χ3n) is 3.26. The smallest absolute Gasteiger partial charge is 0.356 e. The summed E-state index contributed by atoms with van der Waals surface area (Å²) in [6.07, 6.45) is 3.61. The van der Waals surface area contributed by atoms with Crippen molar-refractivity contribution in [2.24, 2.45) is 0 Å². The number of halogens is 1. The van der Waals surface area contributed by atoms with Gasteiger partial charge >= 0.3 is 5.97 Å². The minimum absolute atomic E-state index is 0.246. The summed E-state index contributed by atoms with van der Waals surface area (Å²) in [6, 6.07) is 9.35. The maximum absolute atomic E-state index is 12.9. The largest absolute Gasteiger partial charge is 0.464 e. The summed E-state index contributed by atoms with van der Waals surface area (Å²) < 4.78 is 23.2. The Morgan fingerprint density at radius 3 is 2.57 bits per heavy atom. The number of carbonyl (C=O) groups excluding carboxylic acids is 1. The first-order valence-electron chi connectivity index (χ1n) is 6.89. The second-order valence-electron chi connectivity index (χ2n) is 4.85. The monoisotopic (exact) mass is 312 g/mol. The summed E-state index contributed by atoms with van der Waals surface area (Å²) in [5.74, 6) is 0.299. The molecule has 3 aromatic rings. The second-order valence-corrected chi connectivity index (χ2v) is 4.85. The van der Waals surface area contributed by atoms with E-state index in [0.29, 0.717) is 18.1 Å². The summed E-state index contributed by atoms with van der Waals surface area (Å²) in [6.45, 7) is 0. The molecule has 6 heteroatoms. The third kappa shape index (κ3) is 3.42. The Morgan fingerprint density at radius 2 is 1.91 bits per heavy atom. The number of carbonyl (C=O) groups is 1. The van der Waals surface area contributed by atoms with Crippen molar-refractivity contribution in [3.63, 3.8) is 0 Å². The number of nitrogens with zero attached hydrogens (tertiary/aromatic N) is 2. The summed E-state index contributed by atoms with van der Waals surface area (Å²) in [4.78, 5) is 19.6. The number of ether oxygens (including phenoxy) is 1. The number of hydrogen-bond donors (Lipinski definition) is 0. The number of methoxy groups -OCH3 is 1. The quantitative estimate of drug-likeness (QED) is 0.692. The Labute approximate surface area is 131 Å². The summed E-state index contributed by atoms with van der Waals surface area (Å²) in [7, 11) is 1.31. The van der Waals surface area contributed by atoms with Crippen LogP contribution in [0.15, 0.2) is 53.2 Å². The first kappa shape index (κ1) is 14.9. The van der Waals surface area contributed by atoms with Crippen LogP contribution in [0.3, 0.4) is 0 Å². The average Bonchev–Trinajstić information content (AvgIpc) is 3.04. The van der Waals surface area contributed by atoms with Crippen LogP contribution in [-0.2, 0) is 11.2 Å². The number of benzene rings is 1. The lowest BCUT2D eigenvalue weighted by molar-refractivity contribution is 0.0594. The average molecular weight is 312 g/mol. The molecule has 0 bridgehead atoms. The van der Waals surface area contributed by atoms with Crippen LogP contribution in [0.25, 0.3) is 11.3 Å². The minimum Gasteiger partial charge on any atom is -0.464 e. The van der Waals surface area contributed by atoms with Gasteiger partial charge < -0.3 is 9.15 Å². The van der Waals surface area contributed by atoms with Crippen LogP contribution >= 0.6 is 0 Å². The SMILES string of the molecule is COC(=O)c1ccc(Cc2ncc(-c3ccc(F)cc3)o2)cn1. The number of oxazole rings is 1.